The van der Waals surface area contributed by atoms with Crippen LogP contribution in [0.25, 0.3) is 0 Å². The predicted molar refractivity (Wildman–Crippen MR) is 91.7 cm³/mol. The fourth-order valence-corrected chi connectivity index (χ4v) is 3.49. The molecule has 0 aliphatic rings. The van der Waals surface area contributed by atoms with Crippen LogP contribution in [0, 0.1) is 5.82 Å². The highest BCUT2D eigenvalue weighted by Crippen LogP contribution is 2.38. The van der Waals surface area contributed by atoms with Gasteiger partial charge < -0.3 is 4.74 Å². The third-order valence-electron chi connectivity index (χ3n) is 2.96. The molecule has 0 bridgehead atoms. The Morgan fingerprint density at radius 1 is 1.19 bits per heavy atom. The van der Waals surface area contributed by atoms with Gasteiger partial charge in [0.1, 0.15) is 11.6 Å². The highest BCUT2D eigenvalue weighted by Gasteiger charge is 2.19. The van der Waals surface area contributed by atoms with Crippen LogP contribution in [0.2, 0.25) is 0 Å². The zero-order chi connectivity index (χ0) is 15.4. The molecule has 0 fully saturated rings. The lowest BCUT2D eigenvalue weighted by atomic mass is 10.0. The Morgan fingerprint density at radius 3 is 2.57 bits per heavy atom. The molecule has 0 spiro atoms. The average molecular weight is 437 g/mol. The van der Waals surface area contributed by atoms with Crippen molar-refractivity contribution in [3.05, 3.63) is 62.3 Å². The Morgan fingerprint density at radius 2 is 1.95 bits per heavy atom. The number of benzene rings is 2. The van der Waals surface area contributed by atoms with Gasteiger partial charge in [-0.05, 0) is 52.2 Å². The van der Waals surface area contributed by atoms with Gasteiger partial charge in [0.2, 0.25) is 0 Å². The highest BCUT2D eigenvalue weighted by molar-refractivity contribution is 9.10. The van der Waals surface area contributed by atoms with Crippen LogP contribution in [0.1, 0.15) is 29.8 Å². The van der Waals surface area contributed by atoms with E-state index in [0.29, 0.717) is 16.6 Å². The molecule has 2 rings (SSSR count). The molecule has 1 unspecified atom stereocenters. The summed E-state index contributed by atoms with van der Waals surface area (Å²) in [6, 6.07) is 10.4. The van der Waals surface area contributed by atoms with Gasteiger partial charge in [0.25, 0.3) is 0 Å². The van der Waals surface area contributed by atoms with Gasteiger partial charge >= 0.3 is 0 Å². The van der Waals surface area contributed by atoms with Crippen molar-refractivity contribution < 1.29 is 9.13 Å². The minimum absolute atomic E-state index is 0.327. The molecule has 0 N–H and O–H groups in total. The number of rotatable bonds is 5. The number of alkyl halides is 1. The molecule has 0 amide bonds. The maximum Gasteiger partial charge on any atom is 0.133 e. The first-order chi connectivity index (χ1) is 10.0. The fourth-order valence-electron chi connectivity index (χ4n) is 1.92. The van der Waals surface area contributed by atoms with E-state index in [9.17, 15) is 4.39 Å². The predicted octanol–water partition coefficient (Wildman–Crippen LogP) is 6.47. The van der Waals surface area contributed by atoms with Gasteiger partial charge in [-0.1, -0.05) is 35.0 Å². The van der Waals surface area contributed by atoms with Crippen LogP contribution in [0.15, 0.2) is 45.3 Å². The average Bonchev–Trinajstić information content (AvgIpc) is 2.45. The minimum Gasteiger partial charge on any atom is -0.492 e. The van der Waals surface area contributed by atoms with Gasteiger partial charge in [0, 0.05) is 10.0 Å². The lowest BCUT2D eigenvalue weighted by Gasteiger charge is -2.15. The lowest BCUT2D eigenvalue weighted by Crippen LogP contribution is -2.00. The van der Waals surface area contributed by atoms with Gasteiger partial charge in [-0.2, -0.15) is 0 Å². The van der Waals surface area contributed by atoms with E-state index in [0.717, 1.165) is 22.2 Å². The first kappa shape index (κ1) is 16.8. The smallest absolute Gasteiger partial charge is 0.133 e. The Hall–Kier alpha value is -0.580. The summed E-state index contributed by atoms with van der Waals surface area (Å²) >= 11 is 13.3. The van der Waals surface area contributed by atoms with Crippen molar-refractivity contribution in [2.24, 2.45) is 0 Å². The van der Waals surface area contributed by atoms with E-state index in [1.165, 1.54) is 6.07 Å². The van der Waals surface area contributed by atoms with Crippen molar-refractivity contribution in [3.8, 4) is 5.75 Å². The molecule has 2 aromatic carbocycles. The maximum atomic E-state index is 14.0. The van der Waals surface area contributed by atoms with Crippen molar-refractivity contribution in [3.63, 3.8) is 0 Å². The Balaban J connectivity index is 2.32. The maximum absolute atomic E-state index is 14.0. The molecule has 1 nitrogen and oxygen atoms in total. The molecule has 0 radical (unpaired) electrons. The Bertz CT molecular complexity index is 613. The Kier molecular flexibility index (Phi) is 6.08. The van der Waals surface area contributed by atoms with Gasteiger partial charge in [0.05, 0.1) is 16.5 Å². The van der Waals surface area contributed by atoms with E-state index in [2.05, 4.69) is 31.9 Å². The molecule has 2 aromatic rings. The second kappa shape index (κ2) is 7.61. The van der Waals surface area contributed by atoms with Gasteiger partial charge in [-0.3, -0.25) is 0 Å². The third-order valence-corrected chi connectivity index (χ3v) is 4.74. The second-order valence-electron chi connectivity index (χ2n) is 4.54. The van der Waals surface area contributed by atoms with Crippen molar-refractivity contribution >= 4 is 43.5 Å². The summed E-state index contributed by atoms with van der Waals surface area (Å²) in [5, 5.41) is -0.572. The van der Waals surface area contributed by atoms with E-state index in [1.807, 2.05) is 25.1 Å². The topological polar surface area (TPSA) is 9.23 Å². The normalized spacial score (nSPS) is 12.2. The zero-order valence-corrected chi connectivity index (χ0v) is 15.3. The molecule has 0 saturated heterocycles. The summed E-state index contributed by atoms with van der Waals surface area (Å²) < 4.78 is 21.1. The van der Waals surface area contributed by atoms with Gasteiger partial charge in [-0.15, -0.1) is 11.6 Å². The molecular weight excluding hydrogens is 422 g/mol. The minimum atomic E-state index is -0.572. The van der Waals surface area contributed by atoms with Crippen molar-refractivity contribution in [1.82, 2.24) is 0 Å². The van der Waals surface area contributed by atoms with Crippen LogP contribution >= 0.6 is 43.5 Å². The van der Waals surface area contributed by atoms with E-state index >= 15 is 0 Å². The molecule has 0 aliphatic heterocycles. The zero-order valence-electron chi connectivity index (χ0n) is 11.4. The van der Waals surface area contributed by atoms with Crippen molar-refractivity contribution in [2.75, 3.05) is 6.61 Å². The van der Waals surface area contributed by atoms with Crippen LogP contribution in [0.5, 0.6) is 5.75 Å². The van der Waals surface area contributed by atoms with Crippen LogP contribution in [-0.2, 0) is 0 Å². The first-order valence-electron chi connectivity index (χ1n) is 6.54. The largest absolute Gasteiger partial charge is 0.492 e. The quantitative estimate of drug-likeness (QED) is 0.488. The van der Waals surface area contributed by atoms with E-state index in [-0.39, 0.29) is 5.82 Å². The van der Waals surface area contributed by atoms with Gasteiger partial charge in [0.15, 0.2) is 0 Å². The monoisotopic (exact) mass is 434 g/mol. The first-order valence-corrected chi connectivity index (χ1v) is 8.57. The molecular formula is C16H14Br2ClFO. The Labute approximate surface area is 145 Å². The number of halogens is 4. The summed E-state index contributed by atoms with van der Waals surface area (Å²) in [4.78, 5) is 0. The SMILES string of the molecule is CCCOc1ccc(C(Cl)c2c(F)cccc2Br)cc1Br. The summed E-state index contributed by atoms with van der Waals surface area (Å²) in [5.41, 5.74) is 1.24. The molecule has 0 aromatic heterocycles. The number of hydrogen-bond donors (Lipinski definition) is 0. The summed E-state index contributed by atoms with van der Waals surface area (Å²) in [6.45, 7) is 2.70. The van der Waals surface area contributed by atoms with Crippen LogP contribution < -0.4 is 4.74 Å². The second-order valence-corrected chi connectivity index (χ2v) is 6.68. The van der Waals surface area contributed by atoms with Crippen molar-refractivity contribution in [1.29, 1.82) is 0 Å². The standard InChI is InChI=1S/C16H14Br2ClFO/c1-2-8-21-14-7-6-10(9-12(14)18)16(19)15-11(17)4-3-5-13(15)20/h3-7,9,16H,2,8H2,1H3. The molecule has 5 heteroatoms. The third kappa shape index (κ3) is 3.99. The summed E-state index contributed by atoms with van der Waals surface area (Å²) in [5.74, 6) is 0.434. The van der Waals surface area contributed by atoms with E-state index < -0.39 is 5.38 Å². The molecule has 0 aliphatic carbocycles. The molecule has 112 valence electrons. The number of ether oxygens (including phenoxy) is 1. The summed E-state index contributed by atoms with van der Waals surface area (Å²) in [6.07, 6.45) is 0.939. The van der Waals surface area contributed by atoms with Crippen molar-refractivity contribution in [2.45, 2.75) is 18.7 Å². The lowest BCUT2D eigenvalue weighted by molar-refractivity contribution is 0.315. The van der Waals surface area contributed by atoms with Crippen LogP contribution in [-0.4, -0.2) is 6.61 Å². The van der Waals surface area contributed by atoms with Crippen LogP contribution in [0.4, 0.5) is 4.39 Å². The molecule has 0 saturated carbocycles. The highest BCUT2D eigenvalue weighted by atomic mass is 79.9. The molecule has 1 atom stereocenters. The van der Waals surface area contributed by atoms with E-state index in [1.54, 1.807) is 12.1 Å². The summed E-state index contributed by atoms with van der Waals surface area (Å²) in [7, 11) is 0. The number of hydrogen-bond acceptors (Lipinski definition) is 1. The van der Waals surface area contributed by atoms with Crippen LogP contribution in [0.3, 0.4) is 0 Å². The van der Waals surface area contributed by atoms with E-state index in [4.69, 9.17) is 16.3 Å². The van der Waals surface area contributed by atoms with Gasteiger partial charge in [-0.25, -0.2) is 4.39 Å². The molecule has 21 heavy (non-hydrogen) atoms. The molecule has 0 heterocycles. The fraction of sp³-hybridized carbons (Fsp3) is 0.250.